The Bertz CT molecular complexity index is 764. The lowest BCUT2D eigenvalue weighted by atomic mass is 9.80. The van der Waals surface area contributed by atoms with Crippen LogP contribution in [-0.2, 0) is 20.1 Å². The molecule has 2 aliphatic rings. The SMILES string of the molecule is C[C@@H]1C(=O)O[C@@]2(OC(=O)c3ccccc32)[C@@H]1c1ccccc1. The van der Waals surface area contributed by atoms with Crippen molar-refractivity contribution in [2.75, 3.05) is 0 Å². The highest BCUT2D eigenvalue weighted by molar-refractivity contribution is 5.95. The Labute approximate surface area is 127 Å². The number of carbonyl (C=O) groups is 2. The van der Waals surface area contributed by atoms with E-state index in [0.29, 0.717) is 11.1 Å². The summed E-state index contributed by atoms with van der Waals surface area (Å²) < 4.78 is 11.2. The monoisotopic (exact) mass is 294 g/mol. The van der Waals surface area contributed by atoms with Crippen molar-refractivity contribution < 1.29 is 19.1 Å². The zero-order chi connectivity index (χ0) is 15.3. The summed E-state index contributed by atoms with van der Waals surface area (Å²) in [6.07, 6.45) is 0. The first kappa shape index (κ1) is 13.1. The molecule has 0 amide bonds. The highest BCUT2D eigenvalue weighted by atomic mass is 16.7. The van der Waals surface area contributed by atoms with E-state index in [1.165, 1.54) is 0 Å². The number of rotatable bonds is 1. The van der Waals surface area contributed by atoms with Gasteiger partial charge in [0.2, 0.25) is 0 Å². The van der Waals surface area contributed by atoms with Crippen molar-refractivity contribution in [3.63, 3.8) is 0 Å². The minimum atomic E-state index is -1.34. The van der Waals surface area contributed by atoms with E-state index in [1.54, 1.807) is 18.2 Å². The van der Waals surface area contributed by atoms with Crippen molar-refractivity contribution in [1.29, 1.82) is 0 Å². The summed E-state index contributed by atoms with van der Waals surface area (Å²) in [7, 11) is 0. The highest BCUT2D eigenvalue weighted by Crippen LogP contribution is 2.55. The van der Waals surface area contributed by atoms with Crippen LogP contribution >= 0.6 is 0 Å². The molecule has 0 N–H and O–H groups in total. The molecule has 110 valence electrons. The predicted molar refractivity (Wildman–Crippen MR) is 78.0 cm³/mol. The van der Waals surface area contributed by atoms with E-state index < -0.39 is 11.8 Å². The Morgan fingerprint density at radius 3 is 2.36 bits per heavy atom. The van der Waals surface area contributed by atoms with Gasteiger partial charge in [-0.25, -0.2) is 4.79 Å². The molecule has 4 nitrogen and oxygen atoms in total. The maximum Gasteiger partial charge on any atom is 0.342 e. The Morgan fingerprint density at radius 1 is 0.909 bits per heavy atom. The minimum absolute atomic E-state index is 0.349. The van der Waals surface area contributed by atoms with E-state index in [2.05, 4.69) is 0 Å². The molecule has 0 aliphatic carbocycles. The van der Waals surface area contributed by atoms with Crippen LogP contribution < -0.4 is 0 Å². The van der Waals surface area contributed by atoms with Gasteiger partial charge in [-0.2, -0.15) is 0 Å². The fourth-order valence-corrected chi connectivity index (χ4v) is 3.46. The number of esters is 2. The third-order valence-corrected chi connectivity index (χ3v) is 4.46. The predicted octanol–water partition coefficient (Wildman–Crippen LogP) is 2.99. The van der Waals surface area contributed by atoms with Gasteiger partial charge in [0.25, 0.3) is 5.79 Å². The minimum Gasteiger partial charge on any atom is -0.417 e. The van der Waals surface area contributed by atoms with Gasteiger partial charge in [0.15, 0.2) is 0 Å². The summed E-state index contributed by atoms with van der Waals surface area (Å²) in [4.78, 5) is 24.4. The maximum absolute atomic E-state index is 12.2. The van der Waals surface area contributed by atoms with Crippen LogP contribution in [0.4, 0.5) is 0 Å². The van der Waals surface area contributed by atoms with Gasteiger partial charge in [-0.15, -0.1) is 0 Å². The molecule has 4 heteroatoms. The molecule has 0 saturated carbocycles. The molecule has 22 heavy (non-hydrogen) atoms. The lowest BCUT2D eigenvalue weighted by Crippen LogP contribution is -2.32. The first-order chi connectivity index (χ1) is 10.6. The zero-order valence-electron chi connectivity index (χ0n) is 12.0. The van der Waals surface area contributed by atoms with Gasteiger partial charge in [-0.05, 0) is 11.6 Å². The molecule has 1 fully saturated rings. The standard InChI is InChI=1S/C18H14O4/c1-11-15(12-7-3-2-4-8-12)18(21-16(11)19)14-10-6-5-9-13(14)17(20)22-18/h2-11,15H,1H3/t11-,15-,18-/m0/s1. The van der Waals surface area contributed by atoms with E-state index >= 15 is 0 Å². The van der Waals surface area contributed by atoms with Crippen LogP contribution in [0.15, 0.2) is 54.6 Å². The quantitative estimate of drug-likeness (QED) is 0.759. The van der Waals surface area contributed by atoms with Crippen molar-refractivity contribution in [3.05, 3.63) is 71.3 Å². The Kier molecular flexibility index (Phi) is 2.64. The lowest BCUT2D eigenvalue weighted by molar-refractivity contribution is -0.193. The second-order valence-corrected chi connectivity index (χ2v) is 5.70. The van der Waals surface area contributed by atoms with Crippen molar-refractivity contribution in [2.45, 2.75) is 18.6 Å². The Morgan fingerprint density at radius 2 is 1.59 bits per heavy atom. The van der Waals surface area contributed by atoms with Crippen molar-refractivity contribution in [1.82, 2.24) is 0 Å². The second-order valence-electron chi connectivity index (χ2n) is 5.70. The van der Waals surface area contributed by atoms with Gasteiger partial charge in [0, 0.05) is 0 Å². The molecule has 4 rings (SSSR count). The first-order valence-electron chi connectivity index (χ1n) is 7.24. The smallest absolute Gasteiger partial charge is 0.342 e. The maximum atomic E-state index is 12.2. The van der Waals surface area contributed by atoms with Gasteiger partial charge in [0.1, 0.15) is 0 Å². The molecule has 2 aromatic carbocycles. The van der Waals surface area contributed by atoms with Crippen molar-refractivity contribution in [3.8, 4) is 0 Å². The molecule has 1 spiro atoms. The topological polar surface area (TPSA) is 52.6 Å². The summed E-state index contributed by atoms with van der Waals surface area (Å²) in [5.74, 6) is -2.88. The van der Waals surface area contributed by atoms with Crippen LogP contribution in [0.25, 0.3) is 0 Å². The van der Waals surface area contributed by atoms with Gasteiger partial charge in [0.05, 0.1) is 23.0 Å². The van der Waals surface area contributed by atoms with Crippen LogP contribution in [-0.4, -0.2) is 11.9 Å². The molecule has 1 saturated heterocycles. The lowest BCUT2D eigenvalue weighted by Gasteiger charge is -2.29. The highest BCUT2D eigenvalue weighted by Gasteiger charge is 2.62. The Hall–Kier alpha value is -2.62. The molecule has 0 bridgehead atoms. The molecular weight excluding hydrogens is 280 g/mol. The third kappa shape index (κ3) is 1.58. The Balaban J connectivity index is 1.94. The van der Waals surface area contributed by atoms with Gasteiger partial charge in [-0.3, -0.25) is 4.79 Å². The molecule has 0 radical (unpaired) electrons. The van der Waals surface area contributed by atoms with E-state index in [9.17, 15) is 9.59 Å². The van der Waals surface area contributed by atoms with E-state index in [4.69, 9.17) is 9.47 Å². The largest absolute Gasteiger partial charge is 0.417 e. The number of hydrogen-bond acceptors (Lipinski definition) is 4. The molecule has 0 unspecified atom stereocenters. The van der Waals surface area contributed by atoms with Crippen molar-refractivity contribution >= 4 is 11.9 Å². The molecule has 2 heterocycles. The fraction of sp³-hybridized carbons (Fsp3) is 0.222. The van der Waals surface area contributed by atoms with E-state index in [0.717, 1.165) is 5.56 Å². The van der Waals surface area contributed by atoms with E-state index in [1.807, 2.05) is 43.3 Å². The zero-order valence-corrected chi connectivity index (χ0v) is 12.0. The van der Waals surface area contributed by atoms with Crippen LogP contribution in [0, 0.1) is 5.92 Å². The van der Waals surface area contributed by atoms with Crippen molar-refractivity contribution in [2.24, 2.45) is 5.92 Å². The van der Waals surface area contributed by atoms with Gasteiger partial charge < -0.3 is 9.47 Å². The molecule has 3 atom stereocenters. The fourth-order valence-electron chi connectivity index (χ4n) is 3.46. The van der Waals surface area contributed by atoms with Crippen LogP contribution in [0.3, 0.4) is 0 Å². The summed E-state index contributed by atoms with van der Waals surface area (Å²) in [6, 6.07) is 16.7. The number of carbonyl (C=O) groups excluding carboxylic acids is 2. The van der Waals surface area contributed by atoms with Crippen LogP contribution in [0.5, 0.6) is 0 Å². The van der Waals surface area contributed by atoms with Gasteiger partial charge in [-0.1, -0.05) is 55.5 Å². The third-order valence-electron chi connectivity index (χ3n) is 4.46. The molecule has 0 aromatic heterocycles. The summed E-state index contributed by atoms with van der Waals surface area (Å²) >= 11 is 0. The van der Waals surface area contributed by atoms with Crippen LogP contribution in [0.1, 0.15) is 34.3 Å². The molecule has 2 aliphatic heterocycles. The molecular formula is C18H14O4. The van der Waals surface area contributed by atoms with Gasteiger partial charge >= 0.3 is 11.9 Å². The average Bonchev–Trinajstić information content (AvgIpc) is 2.95. The van der Waals surface area contributed by atoms with E-state index in [-0.39, 0.29) is 17.8 Å². The van der Waals surface area contributed by atoms with Crippen LogP contribution in [0.2, 0.25) is 0 Å². The number of hydrogen-bond donors (Lipinski definition) is 0. The first-order valence-corrected chi connectivity index (χ1v) is 7.24. The summed E-state index contributed by atoms with van der Waals surface area (Å²) in [5, 5.41) is 0. The normalized spacial score (nSPS) is 29.3. The average molecular weight is 294 g/mol. The molecule has 2 aromatic rings. The summed E-state index contributed by atoms with van der Waals surface area (Å²) in [6.45, 7) is 1.81. The second kappa shape index (κ2) is 4.44. The number of fused-ring (bicyclic) bond motifs is 2. The summed E-state index contributed by atoms with van der Waals surface area (Å²) in [5.41, 5.74) is 2.02. The number of benzene rings is 2. The number of ether oxygens (including phenoxy) is 2.